The summed E-state index contributed by atoms with van der Waals surface area (Å²) in [6.45, 7) is 4.20. The Kier molecular flexibility index (Phi) is 7.59. The second-order valence-electron chi connectivity index (χ2n) is 6.19. The lowest BCUT2D eigenvalue weighted by molar-refractivity contribution is 0.700. The molecule has 0 radical (unpaired) electrons. The van der Waals surface area contributed by atoms with Gasteiger partial charge in [0, 0.05) is 11.1 Å². The molecule has 0 unspecified atom stereocenters. The van der Waals surface area contributed by atoms with Crippen molar-refractivity contribution in [2.24, 2.45) is 0 Å². The summed E-state index contributed by atoms with van der Waals surface area (Å²) in [7, 11) is 0. The fraction of sp³-hybridized carbons (Fsp3) is 0.304. The fourth-order valence-corrected chi connectivity index (χ4v) is 2.71. The highest BCUT2D eigenvalue weighted by molar-refractivity contribution is 5.83. The Bertz CT molecular complexity index is 707. The maximum Gasteiger partial charge on any atom is 0.166 e. The van der Waals surface area contributed by atoms with E-state index in [4.69, 9.17) is 0 Å². The minimum absolute atomic E-state index is 0.281. The first-order valence-corrected chi connectivity index (χ1v) is 9.04. The van der Waals surface area contributed by atoms with E-state index in [2.05, 4.69) is 26.0 Å². The molecule has 2 aromatic carbocycles. The smallest absolute Gasteiger partial charge is 0.166 e. The van der Waals surface area contributed by atoms with E-state index in [1.54, 1.807) is 24.3 Å². The topological polar surface area (TPSA) is 0 Å². The Morgan fingerprint density at radius 3 is 1.64 bits per heavy atom. The third-order valence-electron chi connectivity index (χ3n) is 4.15. The quantitative estimate of drug-likeness (QED) is 0.349. The molecule has 0 aliphatic heterocycles. The lowest BCUT2D eigenvalue weighted by Gasteiger charge is -2.05. The van der Waals surface area contributed by atoms with Crippen molar-refractivity contribution in [2.75, 3.05) is 0 Å². The summed E-state index contributed by atoms with van der Waals surface area (Å²) in [6, 6.07) is 14.1. The van der Waals surface area contributed by atoms with Gasteiger partial charge in [-0.05, 0) is 36.8 Å². The van der Waals surface area contributed by atoms with Gasteiger partial charge in [-0.3, -0.25) is 0 Å². The minimum Gasteiger partial charge on any atom is -0.203 e. The molecule has 132 valence electrons. The van der Waals surface area contributed by atoms with Crippen LogP contribution in [0.3, 0.4) is 0 Å². The Morgan fingerprint density at radius 1 is 0.720 bits per heavy atom. The van der Waals surface area contributed by atoms with E-state index in [1.165, 1.54) is 0 Å². The summed E-state index contributed by atoms with van der Waals surface area (Å²) >= 11 is 0. The van der Waals surface area contributed by atoms with Crippen LogP contribution in [0.15, 0.2) is 60.7 Å². The van der Waals surface area contributed by atoms with Crippen LogP contribution >= 0.6 is 0 Å². The second-order valence-corrected chi connectivity index (χ2v) is 6.19. The second kappa shape index (κ2) is 9.93. The van der Waals surface area contributed by atoms with E-state index in [0.717, 1.165) is 43.2 Å². The number of aryl methyl sites for hydroxylation is 2. The zero-order valence-corrected chi connectivity index (χ0v) is 15.1. The molecule has 0 saturated carbocycles. The molecule has 0 nitrogen and oxygen atoms in total. The molecule has 2 rings (SSSR count). The minimum atomic E-state index is -0.805. The number of allylic oxidation sites excluding steroid dienone is 2. The Morgan fingerprint density at radius 2 is 1.20 bits per heavy atom. The normalized spacial score (nSPS) is 12.5. The first kappa shape index (κ1) is 19.1. The monoisotopic (exact) mass is 340 g/mol. The van der Waals surface area contributed by atoms with Crippen LogP contribution in [0, 0.1) is 0 Å². The molecule has 0 N–H and O–H groups in total. The molecule has 25 heavy (non-hydrogen) atoms. The molecule has 2 heteroatoms. The van der Waals surface area contributed by atoms with Gasteiger partial charge < -0.3 is 0 Å². The molecule has 0 bridgehead atoms. The van der Waals surface area contributed by atoms with Crippen LogP contribution in [0.4, 0.5) is 8.78 Å². The molecule has 0 heterocycles. The molecule has 0 amide bonds. The van der Waals surface area contributed by atoms with Gasteiger partial charge in [0.05, 0.1) is 0 Å². The first-order chi connectivity index (χ1) is 12.2. The lowest BCUT2D eigenvalue weighted by atomic mass is 10.0. The maximum absolute atomic E-state index is 14.4. The summed E-state index contributed by atoms with van der Waals surface area (Å²) in [5.41, 5.74) is 2.83. The van der Waals surface area contributed by atoms with Gasteiger partial charge in [0.15, 0.2) is 11.7 Å². The van der Waals surface area contributed by atoms with E-state index in [9.17, 15) is 8.78 Å². The van der Waals surface area contributed by atoms with Crippen LogP contribution in [0.1, 0.15) is 55.4 Å². The predicted octanol–water partition coefficient (Wildman–Crippen LogP) is 7.30. The maximum atomic E-state index is 14.4. The largest absolute Gasteiger partial charge is 0.203 e. The molecule has 0 aliphatic carbocycles. The third-order valence-corrected chi connectivity index (χ3v) is 4.15. The molecule has 0 spiro atoms. The Hall–Kier alpha value is -2.22. The van der Waals surface area contributed by atoms with Crippen molar-refractivity contribution in [2.45, 2.75) is 46.0 Å². The summed E-state index contributed by atoms with van der Waals surface area (Å²) < 4.78 is 28.9. The molecule has 2 aromatic rings. The molecule has 0 saturated heterocycles. The fourth-order valence-electron chi connectivity index (χ4n) is 2.71. The SMILES string of the molecule is CCC=CCCc1ccc(/C(F)=C(/F)c2ccc(CCC)cc2)cc1. The van der Waals surface area contributed by atoms with Gasteiger partial charge in [0.25, 0.3) is 0 Å². The average Bonchev–Trinajstić information content (AvgIpc) is 2.65. The molecular formula is C23H26F2. The summed E-state index contributed by atoms with van der Waals surface area (Å²) in [5, 5.41) is 0. The van der Waals surface area contributed by atoms with Crippen molar-refractivity contribution in [3.8, 4) is 0 Å². The van der Waals surface area contributed by atoms with Gasteiger partial charge in [-0.2, -0.15) is 0 Å². The highest BCUT2D eigenvalue weighted by Gasteiger charge is 2.11. The van der Waals surface area contributed by atoms with E-state index in [0.29, 0.717) is 0 Å². The van der Waals surface area contributed by atoms with Crippen molar-refractivity contribution in [1.29, 1.82) is 0 Å². The predicted molar refractivity (Wildman–Crippen MR) is 104 cm³/mol. The average molecular weight is 340 g/mol. The van der Waals surface area contributed by atoms with Gasteiger partial charge in [-0.1, -0.05) is 81.0 Å². The summed E-state index contributed by atoms with van der Waals surface area (Å²) in [6.07, 6.45) is 9.17. The molecule has 0 atom stereocenters. The zero-order chi connectivity index (χ0) is 18.1. The highest BCUT2D eigenvalue weighted by Crippen LogP contribution is 2.29. The van der Waals surface area contributed by atoms with E-state index >= 15 is 0 Å². The van der Waals surface area contributed by atoms with E-state index in [-0.39, 0.29) is 11.1 Å². The molecular weight excluding hydrogens is 314 g/mol. The highest BCUT2D eigenvalue weighted by atomic mass is 19.2. The van der Waals surface area contributed by atoms with Crippen LogP contribution in [0.25, 0.3) is 11.7 Å². The van der Waals surface area contributed by atoms with Crippen LogP contribution in [0.2, 0.25) is 0 Å². The van der Waals surface area contributed by atoms with Gasteiger partial charge >= 0.3 is 0 Å². The van der Waals surface area contributed by atoms with Crippen LogP contribution in [-0.2, 0) is 12.8 Å². The van der Waals surface area contributed by atoms with Gasteiger partial charge in [-0.15, -0.1) is 0 Å². The van der Waals surface area contributed by atoms with Crippen molar-refractivity contribution in [3.63, 3.8) is 0 Å². The van der Waals surface area contributed by atoms with Gasteiger partial charge in [0.2, 0.25) is 0 Å². The standard InChI is InChI=1S/C23H26F2/c1-3-5-6-7-9-19-12-16-21(17-13-19)23(25)22(24)20-14-10-18(8-4-2)11-15-20/h5-6,10-17H,3-4,7-9H2,1-2H3/b6-5?,23-22-. The van der Waals surface area contributed by atoms with Crippen LogP contribution < -0.4 is 0 Å². The summed E-state index contributed by atoms with van der Waals surface area (Å²) in [5.74, 6) is -1.61. The van der Waals surface area contributed by atoms with Crippen LogP contribution in [0.5, 0.6) is 0 Å². The third kappa shape index (κ3) is 5.67. The number of benzene rings is 2. The summed E-state index contributed by atoms with van der Waals surface area (Å²) in [4.78, 5) is 0. The zero-order valence-electron chi connectivity index (χ0n) is 15.1. The molecule has 0 fully saturated rings. The molecule has 0 aromatic heterocycles. The number of halogens is 2. The van der Waals surface area contributed by atoms with E-state index < -0.39 is 11.7 Å². The molecule has 0 aliphatic rings. The van der Waals surface area contributed by atoms with Gasteiger partial charge in [0.1, 0.15) is 0 Å². The van der Waals surface area contributed by atoms with Crippen molar-refractivity contribution < 1.29 is 8.78 Å². The Labute approximate surface area is 149 Å². The van der Waals surface area contributed by atoms with Crippen LogP contribution in [-0.4, -0.2) is 0 Å². The van der Waals surface area contributed by atoms with E-state index in [1.807, 2.05) is 24.3 Å². The lowest BCUT2D eigenvalue weighted by Crippen LogP contribution is -1.88. The number of hydrogen-bond donors (Lipinski definition) is 0. The van der Waals surface area contributed by atoms with Crippen molar-refractivity contribution in [1.82, 2.24) is 0 Å². The van der Waals surface area contributed by atoms with Gasteiger partial charge in [-0.25, -0.2) is 8.78 Å². The van der Waals surface area contributed by atoms with Crippen molar-refractivity contribution in [3.05, 3.63) is 82.9 Å². The Balaban J connectivity index is 2.10. The first-order valence-electron chi connectivity index (χ1n) is 9.04. The van der Waals surface area contributed by atoms with Crippen molar-refractivity contribution >= 4 is 11.7 Å². The number of hydrogen-bond acceptors (Lipinski definition) is 0. The number of rotatable bonds is 8.